The van der Waals surface area contributed by atoms with Crippen molar-refractivity contribution < 1.29 is 4.74 Å². The van der Waals surface area contributed by atoms with Gasteiger partial charge in [-0.25, -0.2) is 0 Å². The lowest BCUT2D eigenvalue weighted by atomic mass is 10.5. The molecule has 0 bridgehead atoms. The molecule has 0 aromatic carbocycles. The van der Waals surface area contributed by atoms with E-state index in [1.807, 2.05) is 0 Å². The van der Waals surface area contributed by atoms with Crippen LogP contribution in [-0.2, 0) is 4.74 Å². The summed E-state index contributed by atoms with van der Waals surface area (Å²) in [7, 11) is 0. The Labute approximate surface area is 72.7 Å². The van der Waals surface area contributed by atoms with Gasteiger partial charge in [-0.1, -0.05) is 37.9 Å². The highest BCUT2D eigenvalue weighted by molar-refractivity contribution is 9.12. The summed E-state index contributed by atoms with van der Waals surface area (Å²) in [6, 6.07) is 0. The zero-order valence-electron chi connectivity index (χ0n) is 5.15. The van der Waals surface area contributed by atoms with Gasteiger partial charge in [-0.15, -0.1) is 6.58 Å². The third-order valence-electron chi connectivity index (χ3n) is 0.702. The van der Waals surface area contributed by atoms with E-state index in [-0.39, 0.29) is 0 Å². The van der Waals surface area contributed by atoms with E-state index in [0.717, 1.165) is 11.9 Å². The summed E-state index contributed by atoms with van der Waals surface area (Å²) >= 11 is 6.71. The Hall–Kier alpha value is 0.660. The predicted octanol–water partition coefficient (Wildman–Crippen LogP) is 2.35. The van der Waals surface area contributed by atoms with Crippen LogP contribution in [0.1, 0.15) is 0 Å². The molecule has 0 saturated heterocycles. The zero-order chi connectivity index (χ0) is 7.11. The maximum absolute atomic E-state index is 5.14. The molecule has 0 heterocycles. The lowest BCUT2D eigenvalue weighted by Gasteiger charge is -2.03. The van der Waals surface area contributed by atoms with Gasteiger partial charge in [0.2, 0.25) is 0 Å². The number of hydrogen-bond donors (Lipinski definition) is 0. The van der Waals surface area contributed by atoms with Crippen molar-refractivity contribution in [3.8, 4) is 0 Å². The van der Waals surface area contributed by atoms with Gasteiger partial charge in [-0.05, 0) is 0 Å². The van der Waals surface area contributed by atoms with Crippen molar-refractivity contribution in [2.45, 2.75) is 4.83 Å². The van der Waals surface area contributed by atoms with E-state index in [9.17, 15) is 0 Å². The molecule has 0 spiro atoms. The molecule has 0 saturated carbocycles. The molecule has 0 fully saturated rings. The smallest absolute Gasteiger partial charge is 0.0645 e. The van der Waals surface area contributed by atoms with Gasteiger partial charge in [0.05, 0.1) is 13.2 Å². The molecule has 0 aliphatic heterocycles. The van der Waals surface area contributed by atoms with Crippen molar-refractivity contribution >= 4 is 31.9 Å². The molecule has 1 atom stereocenters. The standard InChI is InChI=1S/C6H10Br2O/c1-2-3-9-5-6(8)4-7/h2,6H,1,3-5H2. The van der Waals surface area contributed by atoms with E-state index in [0.29, 0.717) is 11.4 Å². The zero-order valence-corrected chi connectivity index (χ0v) is 8.32. The van der Waals surface area contributed by atoms with Crippen LogP contribution in [0, 0.1) is 0 Å². The van der Waals surface area contributed by atoms with Gasteiger partial charge in [0, 0.05) is 10.2 Å². The molecule has 0 aromatic rings. The minimum Gasteiger partial charge on any atom is -0.376 e. The number of hydrogen-bond acceptors (Lipinski definition) is 1. The third-order valence-corrected chi connectivity index (χ3v) is 2.94. The van der Waals surface area contributed by atoms with E-state index in [2.05, 4.69) is 38.4 Å². The Balaban J connectivity index is 2.96. The maximum atomic E-state index is 5.14. The molecule has 1 unspecified atom stereocenters. The third kappa shape index (κ3) is 6.55. The summed E-state index contributed by atoms with van der Waals surface area (Å²) in [6.45, 7) is 4.90. The fraction of sp³-hybridized carbons (Fsp3) is 0.667. The quantitative estimate of drug-likeness (QED) is 0.418. The molecular weight excluding hydrogens is 248 g/mol. The topological polar surface area (TPSA) is 9.23 Å². The molecule has 54 valence electrons. The van der Waals surface area contributed by atoms with E-state index >= 15 is 0 Å². The van der Waals surface area contributed by atoms with Crippen LogP contribution >= 0.6 is 31.9 Å². The number of halogens is 2. The fourth-order valence-corrected chi connectivity index (χ4v) is 0.698. The van der Waals surface area contributed by atoms with Crippen molar-refractivity contribution in [1.82, 2.24) is 0 Å². The van der Waals surface area contributed by atoms with E-state index in [1.165, 1.54) is 0 Å². The highest BCUT2D eigenvalue weighted by Crippen LogP contribution is 2.03. The molecule has 0 amide bonds. The Morgan fingerprint density at radius 3 is 2.78 bits per heavy atom. The second-order valence-corrected chi connectivity index (χ2v) is 3.52. The summed E-state index contributed by atoms with van der Waals surface area (Å²) in [5.41, 5.74) is 0. The molecule has 1 nitrogen and oxygen atoms in total. The molecular formula is C6H10Br2O. The summed E-state index contributed by atoms with van der Waals surface area (Å²) in [4.78, 5) is 0.414. The first kappa shape index (κ1) is 9.66. The molecule has 0 N–H and O–H groups in total. The first-order valence-corrected chi connectivity index (χ1v) is 4.73. The van der Waals surface area contributed by atoms with Gasteiger partial charge in [0.25, 0.3) is 0 Å². The second kappa shape index (κ2) is 6.78. The molecule has 0 aliphatic rings. The van der Waals surface area contributed by atoms with Crippen molar-refractivity contribution in [2.24, 2.45) is 0 Å². The molecule has 0 radical (unpaired) electrons. The Morgan fingerprint density at radius 2 is 2.33 bits per heavy atom. The lowest BCUT2D eigenvalue weighted by Crippen LogP contribution is -2.09. The Kier molecular flexibility index (Phi) is 7.27. The summed E-state index contributed by atoms with van der Waals surface area (Å²) < 4.78 is 5.14. The average Bonchev–Trinajstić information content (AvgIpc) is 1.89. The van der Waals surface area contributed by atoms with Crippen LogP contribution < -0.4 is 0 Å². The number of ether oxygens (including phenoxy) is 1. The van der Waals surface area contributed by atoms with Gasteiger partial charge < -0.3 is 4.74 Å². The molecule has 9 heavy (non-hydrogen) atoms. The van der Waals surface area contributed by atoms with Crippen LogP contribution in [0.4, 0.5) is 0 Å². The summed E-state index contributed by atoms with van der Waals surface area (Å²) in [5, 5.41) is 0.921. The number of alkyl halides is 2. The largest absolute Gasteiger partial charge is 0.376 e. The number of rotatable bonds is 5. The highest BCUT2D eigenvalue weighted by Gasteiger charge is 1.98. The van der Waals surface area contributed by atoms with Gasteiger partial charge in [-0.2, -0.15) is 0 Å². The minimum atomic E-state index is 0.414. The van der Waals surface area contributed by atoms with E-state index < -0.39 is 0 Å². The Bertz CT molecular complexity index is 75.5. The summed E-state index contributed by atoms with van der Waals surface area (Å²) in [5.74, 6) is 0. The van der Waals surface area contributed by atoms with Gasteiger partial charge in [0.1, 0.15) is 0 Å². The molecule has 0 rings (SSSR count). The van der Waals surface area contributed by atoms with Gasteiger partial charge in [0.15, 0.2) is 0 Å². The van der Waals surface area contributed by atoms with Crippen LogP contribution in [0.2, 0.25) is 0 Å². The maximum Gasteiger partial charge on any atom is 0.0645 e. The van der Waals surface area contributed by atoms with E-state index in [4.69, 9.17) is 4.74 Å². The van der Waals surface area contributed by atoms with Gasteiger partial charge in [-0.3, -0.25) is 0 Å². The highest BCUT2D eigenvalue weighted by atomic mass is 79.9. The monoisotopic (exact) mass is 256 g/mol. The fourth-order valence-electron chi connectivity index (χ4n) is 0.324. The van der Waals surface area contributed by atoms with Crippen LogP contribution in [-0.4, -0.2) is 23.4 Å². The Morgan fingerprint density at radius 1 is 1.67 bits per heavy atom. The van der Waals surface area contributed by atoms with Crippen LogP contribution in [0.5, 0.6) is 0 Å². The first-order chi connectivity index (χ1) is 4.31. The SMILES string of the molecule is C=CCOCC(Br)CBr. The van der Waals surface area contributed by atoms with Crippen LogP contribution in [0.15, 0.2) is 12.7 Å². The van der Waals surface area contributed by atoms with Gasteiger partial charge >= 0.3 is 0 Å². The van der Waals surface area contributed by atoms with Crippen LogP contribution in [0.25, 0.3) is 0 Å². The van der Waals surface area contributed by atoms with Crippen molar-refractivity contribution in [2.75, 3.05) is 18.5 Å². The van der Waals surface area contributed by atoms with Crippen molar-refractivity contribution in [3.63, 3.8) is 0 Å². The van der Waals surface area contributed by atoms with E-state index in [1.54, 1.807) is 6.08 Å². The molecule has 0 aliphatic carbocycles. The normalized spacial score (nSPS) is 13.1. The van der Waals surface area contributed by atoms with Crippen molar-refractivity contribution in [3.05, 3.63) is 12.7 Å². The van der Waals surface area contributed by atoms with Crippen molar-refractivity contribution in [1.29, 1.82) is 0 Å². The lowest BCUT2D eigenvalue weighted by molar-refractivity contribution is 0.168. The predicted molar refractivity (Wildman–Crippen MR) is 47.5 cm³/mol. The second-order valence-electron chi connectivity index (χ2n) is 1.58. The molecule has 0 aromatic heterocycles. The summed E-state index contributed by atoms with van der Waals surface area (Å²) in [6.07, 6.45) is 1.74. The average molecular weight is 258 g/mol. The van der Waals surface area contributed by atoms with Crippen LogP contribution in [0.3, 0.4) is 0 Å². The minimum absolute atomic E-state index is 0.414. The molecule has 3 heteroatoms. The first-order valence-electron chi connectivity index (χ1n) is 2.70.